The van der Waals surface area contributed by atoms with E-state index in [0.717, 1.165) is 51.4 Å². The molecule has 0 spiro atoms. The van der Waals surface area contributed by atoms with E-state index in [2.05, 4.69) is 55.6 Å². The summed E-state index contributed by atoms with van der Waals surface area (Å²) in [5, 5.41) is 23.5. The maximum atomic E-state index is 12.6. The average molecular weight is 1240 g/mol. The zero-order valence-electron chi connectivity index (χ0n) is 59.7. The summed E-state index contributed by atoms with van der Waals surface area (Å²) in [7, 11) is 0. The van der Waals surface area contributed by atoms with Crippen LogP contribution in [0.15, 0.2) is 36.5 Å². The monoisotopic (exact) mass is 1240 g/mol. The number of aliphatic hydroxyl groups excluding tert-OH is 2. The number of hydrogen-bond acceptors (Lipinski definition) is 5. The van der Waals surface area contributed by atoms with Crippen LogP contribution in [0.4, 0.5) is 0 Å². The first kappa shape index (κ1) is 86.1. The second kappa shape index (κ2) is 77.5. The van der Waals surface area contributed by atoms with Crippen LogP contribution in [0.3, 0.4) is 0 Å². The van der Waals surface area contributed by atoms with Gasteiger partial charge in [-0.3, -0.25) is 9.59 Å². The van der Waals surface area contributed by atoms with Gasteiger partial charge in [-0.2, -0.15) is 0 Å². The van der Waals surface area contributed by atoms with Crippen LogP contribution in [0, 0.1) is 0 Å². The molecule has 0 radical (unpaired) electrons. The van der Waals surface area contributed by atoms with E-state index in [9.17, 15) is 19.8 Å². The second-order valence-corrected chi connectivity index (χ2v) is 27.7. The molecule has 0 saturated carbocycles. The lowest BCUT2D eigenvalue weighted by molar-refractivity contribution is -0.143. The number of esters is 1. The highest BCUT2D eigenvalue weighted by Gasteiger charge is 2.20. The van der Waals surface area contributed by atoms with Gasteiger partial charge in [0.25, 0.3) is 0 Å². The predicted octanol–water partition coefficient (Wildman–Crippen LogP) is 26.6. The molecule has 0 aromatic rings. The van der Waals surface area contributed by atoms with Crippen molar-refractivity contribution < 1.29 is 24.5 Å². The highest BCUT2D eigenvalue weighted by Crippen LogP contribution is 2.20. The van der Waals surface area contributed by atoms with Crippen LogP contribution >= 0.6 is 0 Å². The number of carbonyl (C=O) groups is 2. The minimum Gasteiger partial charge on any atom is -0.466 e. The largest absolute Gasteiger partial charge is 0.466 e. The van der Waals surface area contributed by atoms with Crippen LogP contribution in [-0.4, -0.2) is 47.4 Å². The third-order valence-electron chi connectivity index (χ3n) is 18.9. The Bertz CT molecular complexity index is 1430. The highest BCUT2D eigenvalue weighted by atomic mass is 16.5. The Labute approximate surface area is 551 Å². The molecule has 1 amide bonds. The van der Waals surface area contributed by atoms with Gasteiger partial charge in [-0.25, -0.2) is 0 Å². The van der Waals surface area contributed by atoms with Crippen LogP contribution in [0.25, 0.3) is 0 Å². The number of unbranched alkanes of at least 4 members (excludes halogenated alkanes) is 59. The maximum absolute atomic E-state index is 12.6. The molecule has 6 heteroatoms. The van der Waals surface area contributed by atoms with Gasteiger partial charge in [0.05, 0.1) is 25.4 Å². The number of carbonyl (C=O) groups excluding carboxylic acids is 2. The Morgan fingerprint density at radius 1 is 0.318 bits per heavy atom. The summed E-state index contributed by atoms with van der Waals surface area (Å²) in [4.78, 5) is 24.6. The van der Waals surface area contributed by atoms with Gasteiger partial charge in [-0.15, -0.1) is 0 Å². The summed E-state index contributed by atoms with van der Waals surface area (Å²) in [6, 6.07) is -0.541. The number of amides is 1. The summed E-state index contributed by atoms with van der Waals surface area (Å²) in [5.74, 6) is -0.0207. The van der Waals surface area contributed by atoms with Crippen molar-refractivity contribution in [2.45, 2.75) is 463 Å². The average Bonchev–Trinajstić information content (AvgIpc) is 3.55. The van der Waals surface area contributed by atoms with Crippen molar-refractivity contribution in [3.63, 3.8) is 0 Å². The van der Waals surface area contributed by atoms with Crippen molar-refractivity contribution >= 4 is 11.9 Å². The molecule has 0 aromatic carbocycles. The Balaban J connectivity index is 3.38. The lowest BCUT2D eigenvalue weighted by atomic mass is 10.0. The first-order valence-electron chi connectivity index (χ1n) is 40.2. The number of hydrogen-bond donors (Lipinski definition) is 3. The molecule has 6 nitrogen and oxygen atoms in total. The number of allylic oxidation sites excluding steroid dienone is 6. The molecule has 3 N–H and O–H groups in total. The Morgan fingerprint density at radius 3 is 0.909 bits per heavy atom. The molecule has 0 heterocycles. The molecule has 2 atom stereocenters. The molecule has 0 fully saturated rings. The molecule has 0 rings (SSSR count). The molecule has 0 aliphatic carbocycles. The van der Waals surface area contributed by atoms with Gasteiger partial charge in [0, 0.05) is 12.8 Å². The van der Waals surface area contributed by atoms with E-state index in [0.29, 0.717) is 25.9 Å². The van der Waals surface area contributed by atoms with E-state index in [4.69, 9.17) is 4.74 Å². The molecular weight excluding hydrogens is 1080 g/mol. The maximum Gasteiger partial charge on any atom is 0.305 e. The minimum atomic E-state index is -0.665. The van der Waals surface area contributed by atoms with E-state index in [1.54, 1.807) is 0 Å². The molecule has 0 aliphatic rings. The number of rotatable bonds is 76. The first-order chi connectivity index (χ1) is 43.5. The smallest absolute Gasteiger partial charge is 0.305 e. The van der Waals surface area contributed by atoms with Gasteiger partial charge in [0.1, 0.15) is 0 Å². The summed E-state index contributed by atoms with van der Waals surface area (Å²) in [6.45, 7) is 4.96. The van der Waals surface area contributed by atoms with Gasteiger partial charge in [0.15, 0.2) is 0 Å². The van der Waals surface area contributed by atoms with Crippen molar-refractivity contribution in [2.75, 3.05) is 13.2 Å². The van der Waals surface area contributed by atoms with Crippen LogP contribution in [0.1, 0.15) is 450 Å². The zero-order chi connectivity index (χ0) is 63.5. The van der Waals surface area contributed by atoms with Crippen molar-refractivity contribution in [1.29, 1.82) is 0 Å². The molecule has 88 heavy (non-hydrogen) atoms. The third-order valence-corrected chi connectivity index (χ3v) is 18.9. The topological polar surface area (TPSA) is 95.9 Å². The second-order valence-electron chi connectivity index (χ2n) is 27.7. The van der Waals surface area contributed by atoms with Crippen LogP contribution in [0.2, 0.25) is 0 Å². The summed E-state index contributed by atoms with van der Waals surface area (Å²) in [5.41, 5.74) is 0. The molecule has 0 aliphatic heterocycles. The zero-order valence-corrected chi connectivity index (χ0v) is 59.7. The van der Waals surface area contributed by atoms with Gasteiger partial charge < -0.3 is 20.3 Å². The van der Waals surface area contributed by atoms with Crippen molar-refractivity contribution in [3.8, 4) is 0 Å². The van der Waals surface area contributed by atoms with Crippen molar-refractivity contribution in [2.24, 2.45) is 0 Å². The summed E-state index contributed by atoms with van der Waals surface area (Å²) >= 11 is 0. The van der Waals surface area contributed by atoms with E-state index < -0.39 is 12.1 Å². The SMILES string of the molecule is CCCC/C=C\CCCCCCCC(=O)OCCCCCCCCCCCCC/C=C\C/C=C\CCCCCCCCCCCCCCCCCCCC(=O)NC(CO)C(O)CCCCCCCCCCCCCCCCCCCCCCCCCCC. The number of ether oxygens (including phenoxy) is 1. The van der Waals surface area contributed by atoms with Gasteiger partial charge >= 0.3 is 5.97 Å². The minimum absolute atomic E-state index is 0.00624. The molecular formula is C82H157NO5. The molecule has 0 aromatic heterocycles. The van der Waals surface area contributed by atoms with Crippen LogP contribution in [-0.2, 0) is 14.3 Å². The number of aliphatic hydroxyl groups is 2. The first-order valence-corrected chi connectivity index (χ1v) is 40.2. The molecule has 0 saturated heterocycles. The summed E-state index contributed by atoms with van der Waals surface area (Å²) < 4.78 is 5.47. The van der Waals surface area contributed by atoms with Crippen molar-refractivity contribution in [1.82, 2.24) is 5.32 Å². The lowest BCUT2D eigenvalue weighted by Crippen LogP contribution is -2.45. The van der Waals surface area contributed by atoms with Gasteiger partial charge in [-0.05, 0) is 77.0 Å². The quantitative estimate of drug-likeness (QED) is 0.0320. The molecule has 520 valence electrons. The standard InChI is InChI=1S/C82H157NO5/c1-3-5-7-9-11-13-15-16-17-18-19-20-21-33-36-39-42-45-48-51-55-58-62-66-70-74-80(85)79(78-84)83-81(86)75-71-67-63-59-56-52-49-46-43-40-37-34-31-29-27-25-23-22-24-26-28-30-32-35-38-41-44-47-50-53-57-61-65-69-73-77-88-82(87)76-72-68-64-60-54-14-12-10-8-6-4-2/h10,12,24,26,30,32,79-80,84-85H,3-9,11,13-23,25,27-29,31,33-78H2,1-2H3,(H,83,86)/b12-10-,26-24-,32-30-. The predicted molar refractivity (Wildman–Crippen MR) is 389 cm³/mol. The van der Waals surface area contributed by atoms with Crippen molar-refractivity contribution in [3.05, 3.63) is 36.5 Å². The number of nitrogens with one attached hydrogen (secondary N) is 1. The van der Waals surface area contributed by atoms with Gasteiger partial charge in [0.2, 0.25) is 5.91 Å². The van der Waals surface area contributed by atoms with Crippen LogP contribution in [0.5, 0.6) is 0 Å². The Kier molecular flexibility index (Phi) is 75.8. The molecule has 0 bridgehead atoms. The Morgan fingerprint density at radius 2 is 0.580 bits per heavy atom. The van der Waals surface area contributed by atoms with Crippen LogP contribution < -0.4 is 5.32 Å². The fraction of sp³-hybridized carbons (Fsp3) is 0.902. The lowest BCUT2D eigenvalue weighted by Gasteiger charge is -2.22. The fourth-order valence-electron chi connectivity index (χ4n) is 12.8. The molecule has 2 unspecified atom stereocenters. The van der Waals surface area contributed by atoms with E-state index in [-0.39, 0.29) is 18.5 Å². The van der Waals surface area contributed by atoms with E-state index in [1.807, 2.05) is 0 Å². The Hall–Kier alpha value is -1.92. The normalized spacial score (nSPS) is 12.6. The van der Waals surface area contributed by atoms with Gasteiger partial charge in [-0.1, -0.05) is 397 Å². The fourth-order valence-corrected chi connectivity index (χ4v) is 12.8. The third kappa shape index (κ3) is 73.1. The van der Waals surface area contributed by atoms with E-state index >= 15 is 0 Å². The highest BCUT2D eigenvalue weighted by molar-refractivity contribution is 5.76. The van der Waals surface area contributed by atoms with E-state index in [1.165, 1.54) is 366 Å². The summed E-state index contributed by atoms with van der Waals surface area (Å²) in [6.07, 6.45) is 101.